The van der Waals surface area contributed by atoms with Crippen molar-refractivity contribution in [1.29, 1.82) is 0 Å². The van der Waals surface area contributed by atoms with E-state index < -0.39 is 0 Å². The lowest BCUT2D eigenvalue weighted by Crippen LogP contribution is -2.49. The highest BCUT2D eigenvalue weighted by atomic mass is 16.2. The van der Waals surface area contributed by atoms with Gasteiger partial charge in [0.05, 0.1) is 5.56 Å². The van der Waals surface area contributed by atoms with Crippen molar-refractivity contribution < 1.29 is 4.79 Å². The number of carbonyl (C=O) groups excluding carboxylic acids is 1. The normalized spacial score (nSPS) is 18.1. The molecule has 1 amide bonds. The number of pyridine rings is 1. The van der Waals surface area contributed by atoms with E-state index in [0.717, 1.165) is 67.8 Å². The maximum absolute atomic E-state index is 13.0. The molecule has 0 spiro atoms. The first-order valence-electron chi connectivity index (χ1n) is 11.0. The molecular formula is C23H29N7O. The summed E-state index contributed by atoms with van der Waals surface area (Å²) < 4.78 is 1.99. The minimum absolute atomic E-state index is 0.0895. The van der Waals surface area contributed by atoms with Crippen LogP contribution in [0.2, 0.25) is 0 Å². The monoisotopic (exact) mass is 419 g/mol. The standard InChI is InChI=1S/C23H29N7O/c1-18-15-21(27-9-7-26(2)8-10-27)25-23(24-18)29-13-11-28(12-14-29)22(31)19-16-20-5-3-4-6-30(20)17-19/h3-6,15-17H,7-14H2,1-2H3. The number of rotatable bonds is 3. The largest absolute Gasteiger partial charge is 0.354 e. The van der Waals surface area contributed by atoms with E-state index in [1.54, 1.807) is 0 Å². The van der Waals surface area contributed by atoms with Crippen LogP contribution in [-0.4, -0.2) is 89.5 Å². The molecule has 2 saturated heterocycles. The average molecular weight is 420 g/mol. The van der Waals surface area contributed by atoms with Gasteiger partial charge in [0.1, 0.15) is 5.82 Å². The Morgan fingerprint density at radius 3 is 2.39 bits per heavy atom. The van der Waals surface area contributed by atoms with Crippen LogP contribution in [0, 0.1) is 6.92 Å². The molecule has 0 bridgehead atoms. The third-order valence-corrected chi connectivity index (χ3v) is 6.26. The van der Waals surface area contributed by atoms with Crippen LogP contribution in [0.15, 0.2) is 42.7 Å². The molecular weight excluding hydrogens is 390 g/mol. The summed E-state index contributed by atoms with van der Waals surface area (Å²) in [7, 11) is 2.16. The van der Waals surface area contributed by atoms with Crippen LogP contribution in [0.1, 0.15) is 16.1 Å². The molecule has 3 aromatic rings. The average Bonchev–Trinajstić information content (AvgIpc) is 3.23. The molecule has 8 nitrogen and oxygen atoms in total. The quantitative estimate of drug-likeness (QED) is 0.645. The number of piperazine rings is 2. The Kier molecular flexibility index (Phi) is 5.23. The fourth-order valence-corrected chi connectivity index (χ4v) is 4.34. The number of amides is 1. The van der Waals surface area contributed by atoms with E-state index in [1.165, 1.54) is 0 Å². The summed E-state index contributed by atoms with van der Waals surface area (Å²) in [6, 6.07) is 10.0. The predicted octanol–water partition coefficient (Wildman–Crippen LogP) is 1.75. The van der Waals surface area contributed by atoms with Crippen molar-refractivity contribution in [2.24, 2.45) is 0 Å². The Hall–Kier alpha value is -3.13. The van der Waals surface area contributed by atoms with E-state index in [4.69, 9.17) is 9.97 Å². The Morgan fingerprint density at radius 2 is 1.65 bits per heavy atom. The highest BCUT2D eigenvalue weighted by Crippen LogP contribution is 2.21. The van der Waals surface area contributed by atoms with Crippen molar-refractivity contribution in [3.8, 4) is 0 Å². The molecule has 0 aliphatic carbocycles. The lowest BCUT2D eigenvalue weighted by Gasteiger charge is -2.36. The van der Waals surface area contributed by atoms with Crippen LogP contribution in [0.3, 0.4) is 0 Å². The molecule has 2 aliphatic heterocycles. The first kappa shape index (κ1) is 19.8. The highest BCUT2D eigenvalue weighted by Gasteiger charge is 2.25. The zero-order valence-electron chi connectivity index (χ0n) is 18.2. The number of fused-ring (bicyclic) bond motifs is 1. The lowest BCUT2D eigenvalue weighted by atomic mass is 10.2. The molecule has 0 aromatic carbocycles. The van der Waals surface area contributed by atoms with Gasteiger partial charge in [0.25, 0.3) is 5.91 Å². The molecule has 5 rings (SSSR count). The number of aryl methyl sites for hydroxylation is 1. The Morgan fingerprint density at radius 1 is 0.903 bits per heavy atom. The SMILES string of the molecule is Cc1cc(N2CCN(C)CC2)nc(N2CCN(C(=O)c3cc4ccccn4c3)CC2)n1. The second-order valence-corrected chi connectivity index (χ2v) is 8.50. The summed E-state index contributed by atoms with van der Waals surface area (Å²) >= 11 is 0. The Balaban J connectivity index is 1.26. The van der Waals surface area contributed by atoms with E-state index >= 15 is 0 Å². The molecule has 5 heterocycles. The number of likely N-dealkylation sites (N-methyl/N-ethyl adjacent to an activating group) is 1. The molecule has 0 unspecified atom stereocenters. The third kappa shape index (κ3) is 4.07. The van der Waals surface area contributed by atoms with E-state index in [-0.39, 0.29) is 5.91 Å². The number of hydrogen-bond acceptors (Lipinski definition) is 6. The van der Waals surface area contributed by atoms with Gasteiger partial charge >= 0.3 is 0 Å². The molecule has 0 atom stereocenters. The van der Waals surface area contributed by atoms with Gasteiger partial charge in [-0.1, -0.05) is 6.07 Å². The van der Waals surface area contributed by atoms with Crippen molar-refractivity contribution in [2.45, 2.75) is 6.92 Å². The maximum atomic E-state index is 13.0. The van der Waals surface area contributed by atoms with E-state index in [9.17, 15) is 4.79 Å². The van der Waals surface area contributed by atoms with Gasteiger partial charge in [0.15, 0.2) is 0 Å². The summed E-state index contributed by atoms with van der Waals surface area (Å²) in [5.74, 6) is 1.87. The van der Waals surface area contributed by atoms with Crippen LogP contribution >= 0.6 is 0 Å². The Labute approximate surface area is 182 Å². The molecule has 8 heteroatoms. The van der Waals surface area contributed by atoms with Crippen molar-refractivity contribution in [3.05, 3.63) is 54.0 Å². The number of carbonyl (C=O) groups is 1. The molecule has 162 valence electrons. The molecule has 2 aliphatic rings. The zero-order valence-corrected chi connectivity index (χ0v) is 18.2. The number of nitrogens with zero attached hydrogens (tertiary/aromatic N) is 7. The van der Waals surface area contributed by atoms with Crippen molar-refractivity contribution in [1.82, 2.24) is 24.2 Å². The summed E-state index contributed by atoms with van der Waals surface area (Å²) in [5, 5.41) is 0. The van der Waals surface area contributed by atoms with Crippen LogP contribution in [0.25, 0.3) is 5.52 Å². The molecule has 0 saturated carbocycles. The van der Waals surface area contributed by atoms with Gasteiger partial charge in [-0.2, -0.15) is 4.98 Å². The minimum atomic E-state index is 0.0895. The fourth-order valence-electron chi connectivity index (χ4n) is 4.34. The first-order valence-corrected chi connectivity index (χ1v) is 11.0. The molecule has 3 aromatic heterocycles. The molecule has 0 N–H and O–H groups in total. The van der Waals surface area contributed by atoms with Crippen LogP contribution in [0.5, 0.6) is 0 Å². The van der Waals surface area contributed by atoms with Gasteiger partial charge in [0.2, 0.25) is 5.95 Å². The topological polar surface area (TPSA) is 60.2 Å². The van der Waals surface area contributed by atoms with Crippen molar-refractivity contribution in [3.63, 3.8) is 0 Å². The second-order valence-electron chi connectivity index (χ2n) is 8.50. The Bertz CT molecular complexity index is 1050. The summed E-state index contributed by atoms with van der Waals surface area (Å²) in [6.07, 6.45) is 3.88. The van der Waals surface area contributed by atoms with Gasteiger partial charge in [-0.05, 0) is 32.2 Å². The molecule has 0 radical (unpaired) electrons. The van der Waals surface area contributed by atoms with E-state index in [1.807, 2.05) is 52.9 Å². The van der Waals surface area contributed by atoms with Gasteiger partial charge < -0.3 is 24.0 Å². The van der Waals surface area contributed by atoms with Gasteiger partial charge in [-0.3, -0.25) is 4.79 Å². The predicted molar refractivity (Wildman–Crippen MR) is 122 cm³/mol. The van der Waals surface area contributed by atoms with E-state index in [2.05, 4.69) is 27.8 Å². The molecule has 31 heavy (non-hydrogen) atoms. The smallest absolute Gasteiger partial charge is 0.255 e. The number of anilines is 2. The van der Waals surface area contributed by atoms with Crippen LogP contribution in [-0.2, 0) is 0 Å². The lowest BCUT2D eigenvalue weighted by molar-refractivity contribution is 0.0746. The van der Waals surface area contributed by atoms with Crippen LogP contribution in [0.4, 0.5) is 11.8 Å². The molecule has 2 fully saturated rings. The van der Waals surface area contributed by atoms with Crippen LogP contribution < -0.4 is 9.80 Å². The zero-order chi connectivity index (χ0) is 21.4. The van der Waals surface area contributed by atoms with Gasteiger partial charge in [-0.25, -0.2) is 4.98 Å². The van der Waals surface area contributed by atoms with Crippen molar-refractivity contribution in [2.75, 3.05) is 69.2 Å². The number of aromatic nitrogens is 3. The second kappa shape index (κ2) is 8.19. The van der Waals surface area contributed by atoms with Gasteiger partial charge in [0, 0.05) is 82.0 Å². The maximum Gasteiger partial charge on any atom is 0.255 e. The first-order chi connectivity index (χ1) is 15.1. The number of hydrogen-bond donors (Lipinski definition) is 0. The van der Waals surface area contributed by atoms with Gasteiger partial charge in [-0.15, -0.1) is 0 Å². The minimum Gasteiger partial charge on any atom is -0.354 e. The van der Waals surface area contributed by atoms with E-state index in [0.29, 0.717) is 13.1 Å². The summed E-state index contributed by atoms with van der Waals surface area (Å²) in [5.41, 5.74) is 2.76. The third-order valence-electron chi connectivity index (χ3n) is 6.26. The highest BCUT2D eigenvalue weighted by molar-refractivity contribution is 5.95. The fraction of sp³-hybridized carbons (Fsp3) is 0.435. The van der Waals surface area contributed by atoms with Crippen molar-refractivity contribution >= 4 is 23.2 Å². The summed E-state index contributed by atoms with van der Waals surface area (Å²) in [6.45, 7) is 8.93. The summed E-state index contributed by atoms with van der Waals surface area (Å²) in [4.78, 5) is 31.4.